The number of hydrogen-bond donors (Lipinski definition) is 0. The monoisotopic (exact) mass is 380 g/mol. The van der Waals surface area contributed by atoms with Crippen molar-refractivity contribution >= 4 is 21.4 Å². The van der Waals surface area contributed by atoms with Crippen LogP contribution in [-0.4, -0.2) is 47.0 Å². The molecule has 1 fully saturated rings. The van der Waals surface area contributed by atoms with Crippen LogP contribution in [0.4, 0.5) is 0 Å². The Morgan fingerprint density at radius 3 is 2.84 bits per heavy atom. The van der Waals surface area contributed by atoms with E-state index in [4.69, 9.17) is 4.98 Å². The van der Waals surface area contributed by atoms with Gasteiger partial charge in [0.25, 0.3) is 0 Å². The summed E-state index contributed by atoms with van der Waals surface area (Å²) in [7, 11) is -3.16. The van der Waals surface area contributed by atoms with Crippen LogP contribution in [0.1, 0.15) is 43.3 Å². The average Bonchev–Trinajstić information content (AvgIpc) is 3.02. The van der Waals surface area contributed by atoms with Crippen molar-refractivity contribution in [3.8, 4) is 10.6 Å². The highest BCUT2D eigenvalue weighted by atomic mass is 32.2. The number of nitrogens with zero attached hydrogens (tertiary/aromatic N) is 4. The molecule has 136 valence electrons. The Morgan fingerprint density at radius 2 is 2.12 bits per heavy atom. The third kappa shape index (κ3) is 4.62. The highest BCUT2D eigenvalue weighted by molar-refractivity contribution is 7.88. The van der Waals surface area contributed by atoms with E-state index < -0.39 is 10.0 Å². The van der Waals surface area contributed by atoms with Gasteiger partial charge in [0.1, 0.15) is 5.69 Å². The predicted molar refractivity (Wildman–Crippen MR) is 100 cm³/mol. The molecule has 2 aromatic rings. The summed E-state index contributed by atoms with van der Waals surface area (Å²) in [5, 5.41) is 1.11. The summed E-state index contributed by atoms with van der Waals surface area (Å²) in [4.78, 5) is 14.6. The molecule has 0 N–H and O–H groups in total. The van der Waals surface area contributed by atoms with Crippen molar-refractivity contribution in [2.75, 3.05) is 19.3 Å². The second-order valence-electron chi connectivity index (χ2n) is 7.01. The Bertz CT molecular complexity index is 833. The molecule has 0 amide bonds. The predicted octanol–water partition coefficient (Wildman–Crippen LogP) is 2.94. The smallest absolute Gasteiger partial charge is 0.211 e. The maximum atomic E-state index is 11.8. The van der Waals surface area contributed by atoms with Crippen molar-refractivity contribution in [1.29, 1.82) is 0 Å². The minimum Gasteiger partial charge on any atom is -0.261 e. The number of hydrogen-bond acceptors (Lipinski definition) is 6. The highest BCUT2D eigenvalue weighted by Crippen LogP contribution is 2.30. The lowest BCUT2D eigenvalue weighted by Crippen LogP contribution is -2.38. The van der Waals surface area contributed by atoms with E-state index in [2.05, 4.69) is 23.8 Å². The molecule has 2 aromatic heterocycles. The first-order chi connectivity index (χ1) is 11.8. The number of aromatic nitrogens is 3. The molecule has 25 heavy (non-hydrogen) atoms. The normalized spacial score (nSPS) is 19.4. The molecule has 1 aliphatic rings. The first-order valence-electron chi connectivity index (χ1n) is 8.55. The van der Waals surface area contributed by atoms with Gasteiger partial charge in [-0.1, -0.05) is 13.8 Å². The van der Waals surface area contributed by atoms with Gasteiger partial charge in [-0.25, -0.2) is 22.7 Å². The number of thiazole rings is 1. The maximum Gasteiger partial charge on any atom is 0.211 e. The third-order valence-electron chi connectivity index (χ3n) is 4.31. The summed E-state index contributed by atoms with van der Waals surface area (Å²) < 4.78 is 25.2. The van der Waals surface area contributed by atoms with Gasteiger partial charge in [0.15, 0.2) is 0 Å². The lowest BCUT2D eigenvalue weighted by molar-refractivity contribution is 0.314. The first-order valence-corrected chi connectivity index (χ1v) is 11.2. The number of rotatable bonds is 5. The van der Waals surface area contributed by atoms with Crippen molar-refractivity contribution in [2.45, 2.75) is 39.0 Å². The van der Waals surface area contributed by atoms with E-state index in [-0.39, 0.29) is 5.92 Å². The molecule has 3 heterocycles. The van der Waals surface area contributed by atoms with Gasteiger partial charge in [0, 0.05) is 37.8 Å². The molecule has 0 aliphatic carbocycles. The molecule has 0 unspecified atom stereocenters. The minimum absolute atomic E-state index is 0.0963. The van der Waals surface area contributed by atoms with Crippen LogP contribution in [-0.2, 0) is 16.4 Å². The fraction of sp³-hybridized carbons (Fsp3) is 0.588. The Labute approximate surface area is 153 Å². The largest absolute Gasteiger partial charge is 0.261 e. The Kier molecular flexibility index (Phi) is 5.50. The zero-order valence-electron chi connectivity index (χ0n) is 14.8. The summed E-state index contributed by atoms with van der Waals surface area (Å²) >= 11 is 1.65. The van der Waals surface area contributed by atoms with Crippen LogP contribution in [0.3, 0.4) is 0 Å². The van der Waals surface area contributed by atoms with Crippen molar-refractivity contribution in [3.63, 3.8) is 0 Å². The Hall–Kier alpha value is -1.38. The molecule has 1 atom stereocenters. The van der Waals surface area contributed by atoms with Gasteiger partial charge < -0.3 is 0 Å². The number of sulfonamides is 1. The molecule has 6 nitrogen and oxygen atoms in total. The topological polar surface area (TPSA) is 76.1 Å². The Balaban J connectivity index is 1.80. The molecule has 1 aliphatic heterocycles. The maximum absolute atomic E-state index is 11.8. The van der Waals surface area contributed by atoms with Gasteiger partial charge in [-0.3, -0.25) is 4.98 Å². The molecular formula is C17H24N4O2S2. The molecule has 3 rings (SSSR count). The van der Waals surface area contributed by atoms with Gasteiger partial charge in [0.05, 0.1) is 28.0 Å². The van der Waals surface area contributed by atoms with Crippen LogP contribution >= 0.6 is 11.3 Å². The van der Waals surface area contributed by atoms with E-state index in [1.807, 2.05) is 6.20 Å². The van der Waals surface area contributed by atoms with E-state index in [1.165, 1.54) is 6.26 Å². The molecular weight excluding hydrogens is 356 g/mol. The summed E-state index contributed by atoms with van der Waals surface area (Å²) in [6.45, 7) is 5.43. The van der Waals surface area contributed by atoms with Gasteiger partial charge >= 0.3 is 0 Å². The zero-order valence-corrected chi connectivity index (χ0v) is 16.5. The molecule has 8 heteroatoms. The van der Waals surface area contributed by atoms with Crippen LogP contribution in [0.25, 0.3) is 10.6 Å². The molecule has 0 radical (unpaired) electrons. The van der Waals surface area contributed by atoms with E-state index in [0.717, 1.165) is 40.5 Å². The molecule has 0 aromatic carbocycles. The van der Waals surface area contributed by atoms with Gasteiger partial charge in [-0.2, -0.15) is 0 Å². The highest BCUT2D eigenvalue weighted by Gasteiger charge is 2.28. The fourth-order valence-electron chi connectivity index (χ4n) is 3.05. The summed E-state index contributed by atoms with van der Waals surface area (Å²) in [5.41, 5.74) is 1.69. The Morgan fingerprint density at radius 1 is 1.32 bits per heavy atom. The lowest BCUT2D eigenvalue weighted by Gasteiger charge is -2.30. The molecule has 1 saturated heterocycles. The van der Waals surface area contributed by atoms with Crippen LogP contribution in [0.2, 0.25) is 0 Å². The van der Waals surface area contributed by atoms with Crippen molar-refractivity contribution in [1.82, 2.24) is 19.3 Å². The van der Waals surface area contributed by atoms with Gasteiger partial charge in [0.2, 0.25) is 10.0 Å². The van der Waals surface area contributed by atoms with Gasteiger partial charge in [-0.05, 0) is 18.8 Å². The van der Waals surface area contributed by atoms with Crippen LogP contribution in [0.5, 0.6) is 0 Å². The quantitative estimate of drug-likeness (QED) is 0.797. The van der Waals surface area contributed by atoms with Crippen molar-refractivity contribution in [2.24, 2.45) is 5.92 Å². The summed E-state index contributed by atoms with van der Waals surface area (Å²) in [6.07, 6.45) is 9.39. The molecule has 0 spiro atoms. The zero-order chi connectivity index (χ0) is 18.0. The minimum atomic E-state index is -3.16. The summed E-state index contributed by atoms with van der Waals surface area (Å²) in [6, 6.07) is 0. The fourth-order valence-corrected chi connectivity index (χ4v) is 5.05. The van der Waals surface area contributed by atoms with E-state index in [1.54, 1.807) is 28.0 Å². The molecule has 0 saturated carbocycles. The standard InChI is InChI=1S/C17H24N4O2S2/c1-12(2)7-17-19-10-16(24-17)15-9-18-8-14(20-15)13-5-4-6-21(11-13)25(3,22)23/h8-10,12-13H,4-7,11H2,1-3H3/t13-/m1/s1. The van der Waals surface area contributed by atoms with E-state index >= 15 is 0 Å². The molecule has 0 bridgehead atoms. The average molecular weight is 381 g/mol. The first kappa shape index (κ1) is 18.4. The van der Waals surface area contributed by atoms with Crippen LogP contribution in [0, 0.1) is 5.92 Å². The summed E-state index contributed by atoms with van der Waals surface area (Å²) in [5.74, 6) is 0.666. The second-order valence-corrected chi connectivity index (χ2v) is 10.1. The van der Waals surface area contributed by atoms with E-state index in [9.17, 15) is 8.42 Å². The lowest BCUT2D eigenvalue weighted by atomic mass is 9.96. The second kappa shape index (κ2) is 7.47. The van der Waals surface area contributed by atoms with Gasteiger partial charge in [-0.15, -0.1) is 11.3 Å². The number of piperidine rings is 1. The SMILES string of the molecule is CC(C)Cc1ncc(-c2cncc([C@@H]3CCCN(S(C)(=O)=O)C3)n2)s1. The van der Waals surface area contributed by atoms with Crippen molar-refractivity contribution in [3.05, 3.63) is 29.3 Å². The third-order valence-corrected chi connectivity index (χ3v) is 6.63. The van der Waals surface area contributed by atoms with E-state index in [0.29, 0.717) is 19.0 Å². The van der Waals surface area contributed by atoms with Crippen molar-refractivity contribution < 1.29 is 8.42 Å². The van der Waals surface area contributed by atoms with Crippen LogP contribution in [0.15, 0.2) is 18.6 Å². The van der Waals surface area contributed by atoms with Crippen LogP contribution < -0.4 is 0 Å².